The third-order valence-corrected chi connectivity index (χ3v) is 11.2. The van der Waals surface area contributed by atoms with Crippen molar-refractivity contribution in [2.45, 2.75) is 231 Å². The first-order valence-corrected chi connectivity index (χ1v) is 24.9. The summed E-state index contributed by atoms with van der Waals surface area (Å²) in [5.74, 6) is -2.37. The van der Waals surface area contributed by atoms with Crippen molar-refractivity contribution in [3.63, 3.8) is 0 Å². The van der Waals surface area contributed by atoms with E-state index < -0.39 is 51.1 Å². The Morgan fingerprint density at radius 1 is 0.534 bits per heavy atom. The normalized spacial score (nSPS) is 13.9. The highest BCUT2D eigenvalue weighted by atomic mass is 31.2. The van der Waals surface area contributed by atoms with Crippen molar-refractivity contribution in [1.29, 1.82) is 0 Å². The van der Waals surface area contributed by atoms with Crippen molar-refractivity contribution in [3.05, 3.63) is 24.3 Å². The maximum Gasteiger partial charge on any atom is 0.472 e. The van der Waals surface area contributed by atoms with Crippen LogP contribution in [-0.4, -0.2) is 59.9 Å². The van der Waals surface area contributed by atoms with Gasteiger partial charge < -0.3 is 25.2 Å². The van der Waals surface area contributed by atoms with Crippen LogP contribution in [-0.2, 0) is 37.5 Å². The molecule has 0 heterocycles. The summed E-state index contributed by atoms with van der Waals surface area (Å²) in [6.45, 7) is 2.80. The molecule has 0 aromatic carbocycles. The number of carboxylic acid groups (broad SMARTS) is 1. The average molecular weight is 844 g/mol. The maximum atomic E-state index is 12.6. The van der Waals surface area contributed by atoms with Crippen molar-refractivity contribution in [1.82, 2.24) is 0 Å². The minimum Gasteiger partial charge on any atom is -0.480 e. The first-order valence-electron chi connectivity index (χ1n) is 23.4. The molecule has 0 bridgehead atoms. The lowest BCUT2D eigenvalue weighted by atomic mass is 10.0. The molecule has 0 spiro atoms. The number of esters is 2. The third kappa shape index (κ3) is 40.7. The number of carbonyl (C=O) groups is 3. The number of phosphoric ester groups is 1. The van der Waals surface area contributed by atoms with E-state index in [1.54, 1.807) is 0 Å². The molecule has 340 valence electrons. The first-order chi connectivity index (χ1) is 28.1. The van der Waals surface area contributed by atoms with Crippen LogP contribution < -0.4 is 5.73 Å². The summed E-state index contributed by atoms with van der Waals surface area (Å²) >= 11 is 0. The Bertz CT molecular complexity index is 1080. The Morgan fingerprint density at radius 2 is 0.914 bits per heavy atom. The number of hydrogen-bond donors (Lipinski definition) is 3. The number of allylic oxidation sites excluding steroid dienone is 4. The number of rotatable bonds is 44. The van der Waals surface area contributed by atoms with Crippen molar-refractivity contribution >= 4 is 25.7 Å². The lowest BCUT2D eigenvalue weighted by Gasteiger charge is -2.20. The van der Waals surface area contributed by atoms with E-state index >= 15 is 0 Å². The van der Waals surface area contributed by atoms with Gasteiger partial charge in [0.15, 0.2) is 6.10 Å². The van der Waals surface area contributed by atoms with Crippen molar-refractivity contribution in [3.8, 4) is 0 Å². The van der Waals surface area contributed by atoms with Crippen LogP contribution in [0.4, 0.5) is 0 Å². The molecule has 3 atom stereocenters. The molecule has 0 amide bonds. The number of aliphatic carboxylic acids is 1. The topological polar surface area (TPSA) is 172 Å². The minimum atomic E-state index is -4.71. The molecule has 0 aromatic rings. The molecule has 0 aliphatic heterocycles. The molecule has 0 rings (SSSR count). The lowest BCUT2D eigenvalue weighted by molar-refractivity contribution is -0.161. The molecule has 4 N–H and O–H groups in total. The highest BCUT2D eigenvalue weighted by molar-refractivity contribution is 7.47. The zero-order valence-electron chi connectivity index (χ0n) is 36.9. The summed E-state index contributed by atoms with van der Waals surface area (Å²) < 4.78 is 32.8. The molecular formula is C46H86NO10P. The van der Waals surface area contributed by atoms with E-state index in [2.05, 4.69) is 42.7 Å². The number of nitrogens with two attached hydrogens (primary N) is 1. The highest BCUT2D eigenvalue weighted by Gasteiger charge is 2.28. The molecular weight excluding hydrogens is 757 g/mol. The number of unbranched alkanes of at least 4 members (excludes halogenated alkanes) is 26. The number of hydrogen-bond acceptors (Lipinski definition) is 9. The molecule has 1 unspecified atom stereocenters. The monoisotopic (exact) mass is 844 g/mol. The van der Waals surface area contributed by atoms with Gasteiger partial charge in [-0.15, -0.1) is 0 Å². The van der Waals surface area contributed by atoms with Gasteiger partial charge in [0.2, 0.25) is 0 Å². The second-order valence-electron chi connectivity index (χ2n) is 15.9. The van der Waals surface area contributed by atoms with Crippen LogP contribution in [0.25, 0.3) is 0 Å². The summed E-state index contributed by atoms with van der Waals surface area (Å²) in [6, 6.07) is -1.52. The van der Waals surface area contributed by atoms with Crippen LogP contribution >= 0.6 is 7.82 Å². The molecule has 0 saturated heterocycles. The first kappa shape index (κ1) is 56.0. The molecule has 0 aliphatic rings. The number of phosphoric acid groups is 1. The molecule has 12 heteroatoms. The van der Waals surface area contributed by atoms with E-state index in [4.69, 9.17) is 24.8 Å². The van der Waals surface area contributed by atoms with Crippen molar-refractivity contribution in [2.75, 3.05) is 19.8 Å². The summed E-state index contributed by atoms with van der Waals surface area (Å²) in [5, 5.41) is 8.90. The Hall–Kier alpha value is -2.04. The van der Waals surface area contributed by atoms with Crippen molar-refractivity contribution in [2.24, 2.45) is 5.73 Å². The van der Waals surface area contributed by atoms with Gasteiger partial charge >= 0.3 is 25.7 Å². The van der Waals surface area contributed by atoms with Gasteiger partial charge in [-0.3, -0.25) is 23.4 Å². The SMILES string of the molecule is CCCCC/C=C\C/C=C\CCCCCCCCCCCC(=O)OC[C@H](COP(=O)(O)OC[C@H](N)C(=O)O)OC(=O)CCCCCCCCCCCCCCCCC. The summed E-state index contributed by atoms with van der Waals surface area (Å²) in [7, 11) is -4.71. The zero-order valence-corrected chi connectivity index (χ0v) is 37.8. The maximum absolute atomic E-state index is 12.6. The Morgan fingerprint density at radius 3 is 1.38 bits per heavy atom. The lowest BCUT2D eigenvalue weighted by Crippen LogP contribution is -2.34. The zero-order chi connectivity index (χ0) is 42.8. The van der Waals surface area contributed by atoms with Gasteiger partial charge in [0.25, 0.3) is 0 Å². The molecule has 0 radical (unpaired) electrons. The quantitative estimate of drug-likeness (QED) is 0.0231. The van der Waals surface area contributed by atoms with Crippen LogP contribution in [0.15, 0.2) is 24.3 Å². The molecule has 0 aromatic heterocycles. The van der Waals surface area contributed by atoms with Crippen LogP contribution in [0.2, 0.25) is 0 Å². The predicted octanol–water partition coefficient (Wildman–Crippen LogP) is 12.6. The fourth-order valence-corrected chi connectivity index (χ4v) is 7.29. The highest BCUT2D eigenvalue weighted by Crippen LogP contribution is 2.43. The average Bonchev–Trinajstić information content (AvgIpc) is 3.20. The second kappa shape index (κ2) is 41.7. The summed E-state index contributed by atoms with van der Waals surface area (Å²) in [6.07, 6.45) is 43.7. The second-order valence-corrected chi connectivity index (χ2v) is 17.3. The molecule has 58 heavy (non-hydrogen) atoms. The third-order valence-electron chi connectivity index (χ3n) is 10.2. The summed E-state index contributed by atoms with van der Waals surface area (Å²) in [4.78, 5) is 46.0. The van der Waals surface area contributed by atoms with Gasteiger partial charge in [-0.1, -0.05) is 186 Å². The smallest absolute Gasteiger partial charge is 0.472 e. The van der Waals surface area contributed by atoms with E-state index in [1.807, 2.05) is 0 Å². The van der Waals surface area contributed by atoms with E-state index in [9.17, 15) is 23.8 Å². The van der Waals surface area contributed by atoms with Crippen LogP contribution in [0.1, 0.15) is 219 Å². The van der Waals surface area contributed by atoms with Gasteiger partial charge in [0, 0.05) is 12.8 Å². The Labute approximate surface area is 353 Å². The molecule has 0 fully saturated rings. The molecule has 0 aliphatic carbocycles. The van der Waals surface area contributed by atoms with E-state index in [-0.39, 0.29) is 19.4 Å². The van der Waals surface area contributed by atoms with Crippen LogP contribution in [0, 0.1) is 0 Å². The van der Waals surface area contributed by atoms with Crippen molar-refractivity contribution < 1.29 is 47.5 Å². The van der Waals surface area contributed by atoms with Gasteiger partial charge in [0.1, 0.15) is 12.6 Å². The van der Waals surface area contributed by atoms with E-state index in [0.29, 0.717) is 12.8 Å². The predicted molar refractivity (Wildman–Crippen MR) is 236 cm³/mol. The van der Waals surface area contributed by atoms with Gasteiger partial charge in [-0.05, 0) is 44.9 Å². The van der Waals surface area contributed by atoms with Crippen LogP contribution in [0.5, 0.6) is 0 Å². The molecule has 11 nitrogen and oxygen atoms in total. The number of ether oxygens (including phenoxy) is 2. The van der Waals surface area contributed by atoms with E-state index in [0.717, 1.165) is 51.4 Å². The Balaban J connectivity index is 4.28. The Kier molecular flexibility index (Phi) is 40.2. The van der Waals surface area contributed by atoms with Gasteiger partial charge in [-0.2, -0.15) is 0 Å². The van der Waals surface area contributed by atoms with Gasteiger partial charge in [-0.25, -0.2) is 4.57 Å². The van der Waals surface area contributed by atoms with Gasteiger partial charge in [0.05, 0.1) is 13.2 Å². The number of carboxylic acids is 1. The largest absolute Gasteiger partial charge is 0.480 e. The van der Waals surface area contributed by atoms with Crippen LogP contribution in [0.3, 0.4) is 0 Å². The fraction of sp³-hybridized carbons (Fsp3) is 0.848. The standard InChI is InChI=1S/C46H86NO10P/c1-3-5-7-9-11-13-15-17-19-20-21-22-24-25-27-29-31-33-35-37-44(48)54-39-42(40-55-58(52,53)56-41-43(47)46(50)51)57-45(49)38-36-34-32-30-28-26-23-18-16-14-12-10-8-6-4-2/h11,13,17,19,42-43H,3-10,12,14-16,18,20-41,47H2,1-2H3,(H,50,51)(H,52,53)/b13-11-,19-17-/t42-,43+/m1/s1. The summed E-state index contributed by atoms with van der Waals surface area (Å²) in [5.41, 5.74) is 5.34. The number of carbonyl (C=O) groups excluding carboxylic acids is 2. The fourth-order valence-electron chi connectivity index (χ4n) is 6.51. The van der Waals surface area contributed by atoms with E-state index in [1.165, 1.54) is 128 Å². The minimum absolute atomic E-state index is 0.165. The molecule has 0 saturated carbocycles.